The molecule has 1 aliphatic carbocycles. The Kier molecular flexibility index (Phi) is 3.16. The van der Waals surface area contributed by atoms with Gasteiger partial charge < -0.3 is 4.74 Å². The molecule has 0 heterocycles. The first kappa shape index (κ1) is 10.0. The van der Waals surface area contributed by atoms with Gasteiger partial charge in [-0.1, -0.05) is 27.2 Å². The minimum absolute atomic E-state index is 0.469. The molecule has 0 aromatic carbocycles. The molecule has 1 rings (SSSR count). The van der Waals surface area contributed by atoms with Gasteiger partial charge in [0.25, 0.3) is 0 Å². The van der Waals surface area contributed by atoms with Gasteiger partial charge in [-0.05, 0) is 30.6 Å². The standard InChI is InChI=1S/C11H22O/c1-11(2,3)9-6-5-7-10(8-9)12-4/h9-10H,5-8H2,1-4H3/t9-,10+/m0/s1. The van der Waals surface area contributed by atoms with Crippen LogP contribution in [0, 0.1) is 11.3 Å². The van der Waals surface area contributed by atoms with Gasteiger partial charge in [-0.2, -0.15) is 0 Å². The van der Waals surface area contributed by atoms with Crippen molar-refractivity contribution in [1.29, 1.82) is 0 Å². The second-order valence-electron chi connectivity index (χ2n) is 5.09. The lowest BCUT2D eigenvalue weighted by atomic mass is 9.71. The molecule has 0 radical (unpaired) electrons. The van der Waals surface area contributed by atoms with E-state index >= 15 is 0 Å². The molecule has 72 valence electrons. The van der Waals surface area contributed by atoms with Gasteiger partial charge in [-0.25, -0.2) is 0 Å². The van der Waals surface area contributed by atoms with E-state index in [2.05, 4.69) is 20.8 Å². The predicted molar refractivity (Wildman–Crippen MR) is 52.2 cm³/mol. The van der Waals surface area contributed by atoms with E-state index < -0.39 is 0 Å². The van der Waals surface area contributed by atoms with Gasteiger partial charge in [-0.15, -0.1) is 0 Å². The van der Waals surface area contributed by atoms with Crippen molar-refractivity contribution in [3.05, 3.63) is 0 Å². The number of hydrogen-bond donors (Lipinski definition) is 0. The third-order valence-corrected chi connectivity index (χ3v) is 3.18. The summed E-state index contributed by atoms with van der Waals surface area (Å²) in [5, 5.41) is 0. The molecule has 0 unspecified atom stereocenters. The fourth-order valence-electron chi connectivity index (χ4n) is 2.15. The molecule has 12 heavy (non-hydrogen) atoms. The van der Waals surface area contributed by atoms with E-state index in [4.69, 9.17) is 4.74 Å². The monoisotopic (exact) mass is 170 g/mol. The normalized spacial score (nSPS) is 32.0. The summed E-state index contributed by atoms with van der Waals surface area (Å²) in [5.41, 5.74) is 0.469. The van der Waals surface area contributed by atoms with Crippen LogP contribution in [0.25, 0.3) is 0 Å². The first-order valence-electron chi connectivity index (χ1n) is 5.07. The zero-order valence-corrected chi connectivity index (χ0v) is 8.89. The second-order valence-corrected chi connectivity index (χ2v) is 5.09. The summed E-state index contributed by atoms with van der Waals surface area (Å²) >= 11 is 0. The summed E-state index contributed by atoms with van der Waals surface area (Å²) in [6, 6.07) is 0. The SMILES string of the molecule is CO[C@@H]1CCC[C@H](C(C)(C)C)C1. The summed E-state index contributed by atoms with van der Waals surface area (Å²) < 4.78 is 5.42. The predicted octanol–water partition coefficient (Wildman–Crippen LogP) is 3.24. The molecule has 2 atom stereocenters. The molecule has 1 fully saturated rings. The van der Waals surface area contributed by atoms with Gasteiger partial charge in [0.2, 0.25) is 0 Å². The molecule has 1 nitrogen and oxygen atoms in total. The van der Waals surface area contributed by atoms with Crippen LogP contribution in [0.2, 0.25) is 0 Å². The summed E-state index contributed by atoms with van der Waals surface area (Å²) in [4.78, 5) is 0. The van der Waals surface area contributed by atoms with E-state index in [-0.39, 0.29) is 0 Å². The van der Waals surface area contributed by atoms with Crippen LogP contribution < -0.4 is 0 Å². The lowest BCUT2D eigenvalue weighted by molar-refractivity contribution is 0.0232. The fourth-order valence-corrected chi connectivity index (χ4v) is 2.15. The Morgan fingerprint density at radius 1 is 1.17 bits per heavy atom. The van der Waals surface area contributed by atoms with Crippen molar-refractivity contribution in [3.63, 3.8) is 0 Å². The smallest absolute Gasteiger partial charge is 0.0574 e. The van der Waals surface area contributed by atoms with Crippen LogP contribution in [0.3, 0.4) is 0 Å². The average molecular weight is 170 g/mol. The van der Waals surface area contributed by atoms with Crippen molar-refractivity contribution in [2.45, 2.75) is 52.6 Å². The van der Waals surface area contributed by atoms with E-state index in [9.17, 15) is 0 Å². The number of methoxy groups -OCH3 is 1. The van der Waals surface area contributed by atoms with Gasteiger partial charge >= 0.3 is 0 Å². The van der Waals surface area contributed by atoms with Crippen molar-refractivity contribution >= 4 is 0 Å². The third kappa shape index (κ3) is 2.48. The Morgan fingerprint density at radius 3 is 2.33 bits per heavy atom. The molecule has 0 aliphatic heterocycles. The number of ether oxygens (including phenoxy) is 1. The van der Waals surface area contributed by atoms with Gasteiger partial charge in [-0.3, -0.25) is 0 Å². The van der Waals surface area contributed by atoms with Crippen LogP contribution in [-0.2, 0) is 4.74 Å². The first-order valence-corrected chi connectivity index (χ1v) is 5.07. The molecule has 0 aromatic heterocycles. The molecule has 0 amide bonds. The molecule has 0 saturated heterocycles. The van der Waals surface area contributed by atoms with Crippen LogP contribution in [-0.4, -0.2) is 13.2 Å². The number of hydrogen-bond acceptors (Lipinski definition) is 1. The molecule has 0 N–H and O–H groups in total. The highest BCUT2D eigenvalue weighted by atomic mass is 16.5. The maximum Gasteiger partial charge on any atom is 0.0574 e. The maximum atomic E-state index is 5.42. The Hall–Kier alpha value is -0.0400. The molecule has 0 aromatic rings. The number of rotatable bonds is 1. The van der Waals surface area contributed by atoms with E-state index in [1.165, 1.54) is 25.7 Å². The lowest BCUT2D eigenvalue weighted by Crippen LogP contribution is -2.30. The molecular formula is C11H22O. The van der Waals surface area contributed by atoms with Crippen LogP contribution in [0.1, 0.15) is 46.5 Å². The van der Waals surface area contributed by atoms with Crippen LogP contribution >= 0.6 is 0 Å². The van der Waals surface area contributed by atoms with Gasteiger partial charge in [0.05, 0.1) is 6.10 Å². The topological polar surface area (TPSA) is 9.23 Å². The van der Waals surface area contributed by atoms with E-state index in [1.807, 2.05) is 7.11 Å². The Bertz CT molecular complexity index is 134. The maximum absolute atomic E-state index is 5.42. The zero-order chi connectivity index (χ0) is 9.19. The van der Waals surface area contributed by atoms with E-state index in [0.29, 0.717) is 11.5 Å². The molecular weight excluding hydrogens is 148 g/mol. The van der Waals surface area contributed by atoms with E-state index in [0.717, 1.165) is 5.92 Å². The van der Waals surface area contributed by atoms with Gasteiger partial charge in [0, 0.05) is 7.11 Å². The zero-order valence-electron chi connectivity index (χ0n) is 8.89. The fraction of sp³-hybridized carbons (Fsp3) is 1.00. The largest absolute Gasteiger partial charge is 0.381 e. The van der Waals surface area contributed by atoms with Crippen LogP contribution in [0.4, 0.5) is 0 Å². The molecule has 1 aliphatic rings. The minimum atomic E-state index is 0.469. The highest BCUT2D eigenvalue weighted by Crippen LogP contribution is 2.38. The van der Waals surface area contributed by atoms with Crippen LogP contribution in [0.5, 0.6) is 0 Å². The Labute approximate surface area is 76.5 Å². The van der Waals surface area contributed by atoms with Gasteiger partial charge in [0.1, 0.15) is 0 Å². The molecule has 1 saturated carbocycles. The van der Waals surface area contributed by atoms with Crippen LogP contribution in [0.15, 0.2) is 0 Å². The second kappa shape index (κ2) is 3.78. The summed E-state index contributed by atoms with van der Waals surface area (Å²) in [5.74, 6) is 0.858. The van der Waals surface area contributed by atoms with Crippen molar-refractivity contribution in [2.24, 2.45) is 11.3 Å². The highest BCUT2D eigenvalue weighted by Gasteiger charge is 2.30. The molecule has 1 heteroatoms. The highest BCUT2D eigenvalue weighted by molar-refractivity contribution is 4.81. The minimum Gasteiger partial charge on any atom is -0.381 e. The summed E-state index contributed by atoms with van der Waals surface area (Å²) in [6.45, 7) is 7.03. The van der Waals surface area contributed by atoms with Crippen molar-refractivity contribution in [2.75, 3.05) is 7.11 Å². The van der Waals surface area contributed by atoms with Crippen molar-refractivity contribution < 1.29 is 4.74 Å². The first-order chi connectivity index (χ1) is 5.54. The third-order valence-electron chi connectivity index (χ3n) is 3.18. The average Bonchev–Trinajstić information content (AvgIpc) is 2.03. The molecule has 0 spiro atoms. The van der Waals surface area contributed by atoms with Crippen molar-refractivity contribution in [3.8, 4) is 0 Å². The quantitative estimate of drug-likeness (QED) is 0.587. The Morgan fingerprint density at radius 2 is 1.83 bits per heavy atom. The van der Waals surface area contributed by atoms with Gasteiger partial charge in [0.15, 0.2) is 0 Å². The summed E-state index contributed by atoms with van der Waals surface area (Å²) in [6.07, 6.45) is 5.80. The summed E-state index contributed by atoms with van der Waals surface area (Å²) in [7, 11) is 1.84. The van der Waals surface area contributed by atoms with Crippen molar-refractivity contribution in [1.82, 2.24) is 0 Å². The lowest BCUT2D eigenvalue weighted by Gasteiger charge is -2.37. The van der Waals surface area contributed by atoms with E-state index in [1.54, 1.807) is 0 Å². The molecule has 0 bridgehead atoms. The Balaban J connectivity index is 2.46.